The van der Waals surface area contributed by atoms with Crippen molar-refractivity contribution in [2.75, 3.05) is 26.2 Å². The zero-order valence-corrected chi connectivity index (χ0v) is 21.7. The molecule has 1 aliphatic heterocycles. The van der Waals surface area contributed by atoms with E-state index < -0.39 is 12.8 Å². The van der Waals surface area contributed by atoms with Gasteiger partial charge in [0.05, 0.1) is 6.42 Å². The number of hydrogen-bond acceptors (Lipinski definition) is 5. The van der Waals surface area contributed by atoms with E-state index in [1.54, 1.807) is 6.20 Å². The Morgan fingerprint density at radius 3 is 2.65 bits per heavy atom. The molecule has 1 aliphatic carbocycles. The quantitative estimate of drug-likeness (QED) is 0.550. The number of fused-ring (bicyclic) bond motifs is 1. The summed E-state index contributed by atoms with van der Waals surface area (Å²) in [6, 6.07) is 7.48. The van der Waals surface area contributed by atoms with Crippen LogP contribution < -0.4 is 10.1 Å². The molecule has 2 aromatic rings. The summed E-state index contributed by atoms with van der Waals surface area (Å²) in [7, 11) is 0. The van der Waals surface area contributed by atoms with Crippen LogP contribution in [0.3, 0.4) is 0 Å². The first-order chi connectivity index (χ1) is 17.6. The minimum absolute atomic E-state index is 0.0395. The molecule has 1 saturated carbocycles. The van der Waals surface area contributed by atoms with Gasteiger partial charge in [0.1, 0.15) is 0 Å². The van der Waals surface area contributed by atoms with E-state index in [2.05, 4.69) is 27.1 Å². The van der Waals surface area contributed by atoms with E-state index in [1.165, 1.54) is 6.07 Å². The molecule has 2 aromatic heterocycles. The van der Waals surface area contributed by atoms with Crippen molar-refractivity contribution in [3.63, 3.8) is 0 Å². The van der Waals surface area contributed by atoms with Crippen molar-refractivity contribution >= 4 is 5.91 Å². The molecule has 1 N–H and O–H groups in total. The van der Waals surface area contributed by atoms with Crippen LogP contribution in [-0.2, 0) is 24.1 Å². The SMILES string of the molecule is Cc1cc(CC(=O)NC2CCC(C(C)CN3CCc4ccc(OCC(F)(F)F)nc4CC3)CC2)ccn1. The normalized spacial score (nSPS) is 21.5. The molecule has 4 rings (SSSR count). The van der Waals surface area contributed by atoms with Gasteiger partial charge in [0, 0.05) is 55.7 Å². The highest BCUT2D eigenvalue weighted by Crippen LogP contribution is 2.31. The highest BCUT2D eigenvalue weighted by atomic mass is 19.4. The Morgan fingerprint density at radius 1 is 1.16 bits per heavy atom. The van der Waals surface area contributed by atoms with E-state index >= 15 is 0 Å². The molecule has 0 saturated heterocycles. The zero-order valence-electron chi connectivity index (χ0n) is 21.7. The second-order valence-electron chi connectivity index (χ2n) is 10.6. The number of rotatable bonds is 8. The lowest BCUT2D eigenvalue weighted by atomic mass is 9.78. The molecule has 1 atom stereocenters. The number of alkyl halides is 3. The smallest absolute Gasteiger partial charge is 0.422 e. The molecule has 37 heavy (non-hydrogen) atoms. The number of pyridine rings is 2. The molecule has 6 nitrogen and oxygen atoms in total. The van der Waals surface area contributed by atoms with Crippen LogP contribution in [0.15, 0.2) is 30.5 Å². The van der Waals surface area contributed by atoms with Crippen molar-refractivity contribution in [2.24, 2.45) is 11.8 Å². The number of aryl methyl sites for hydroxylation is 1. The summed E-state index contributed by atoms with van der Waals surface area (Å²) in [6.45, 7) is 5.68. The van der Waals surface area contributed by atoms with E-state index in [-0.39, 0.29) is 17.8 Å². The summed E-state index contributed by atoms with van der Waals surface area (Å²) in [5, 5.41) is 3.22. The molecule has 9 heteroatoms. The maximum Gasteiger partial charge on any atom is 0.422 e. The van der Waals surface area contributed by atoms with Crippen molar-refractivity contribution in [2.45, 2.75) is 71.0 Å². The molecule has 1 amide bonds. The third kappa shape index (κ3) is 8.42. The van der Waals surface area contributed by atoms with E-state index in [1.807, 2.05) is 25.1 Å². The highest BCUT2D eigenvalue weighted by molar-refractivity contribution is 5.78. The number of carbonyl (C=O) groups is 1. The van der Waals surface area contributed by atoms with Crippen LogP contribution in [0.25, 0.3) is 0 Å². The summed E-state index contributed by atoms with van der Waals surface area (Å²) >= 11 is 0. The van der Waals surface area contributed by atoms with Crippen LogP contribution in [0.1, 0.15) is 55.1 Å². The summed E-state index contributed by atoms with van der Waals surface area (Å²) < 4.78 is 42.2. The predicted octanol–water partition coefficient (Wildman–Crippen LogP) is 4.68. The van der Waals surface area contributed by atoms with Crippen LogP contribution in [0.2, 0.25) is 0 Å². The fourth-order valence-electron chi connectivity index (χ4n) is 5.59. The Kier molecular flexibility index (Phi) is 9.05. The molecule has 1 fully saturated rings. The largest absolute Gasteiger partial charge is 0.468 e. The number of hydrogen-bond donors (Lipinski definition) is 1. The monoisotopic (exact) mass is 518 g/mol. The number of aromatic nitrogens is 2. The van der Waals surface area contributed by atoms with Gasteiger partial charge >= 0.3 is 6.18 Å². The standard InChI is InChI=1S/C28H37F3N4O2/c1-19(22-3-6-24(7-4-22)33-26(36)16-21-9-12-32-20(2)15-21)17-35-13-10-23-5-8-27(34-25(23)11-14-35)37-18-28(29,30)31/h5,8-9,12,15,19,22,24H,3-4,6-7,10-11,13-14,16-18H2,1-2H3,(H,33,36). The Balaban J connectivity index is 1.20. The van der Waals surface area contributed by atoms with Crippen LogP contribution in [0.4, 0.5) is 13.2 Å². The third-order valence-corrected chi connectivity index (χ3v) is 7.60. The first-order valence-electron chi connectivity index (χ1n) is 13.3. The average Bonchev–Trinajstić information content (AvgIpc) is 3.04. The van der Waals surface area contributed by atoms with E-state index in [4.69, 9.17) is 4.74 Å². The minimum atomic E-state index is -4.37. The number of halogens is 3. The number of ether oxygens (including phenoxy) is 1. The Bertz CT molecular complexity index is 1050. The summed E-state index contributed by atoms with van der Waals surface area (Å²) in [5.41, 5.74) is 3.84. The number of amides is 1. The van der Waals surface area contributed by atoms with Crippen molar-refractivity contribution < 1.29 is 22.7 Å². The van der Waals surface area contributed by atoms with Gasteiger partial charge in [0.25, 0.3) is 0 Å². The van der Waals surface area contributed by atoms with Gasteiger partial charge in [0.2, 0.25) is 11.8 Å². The molecular formula is C28H37F3N4O2. The molecule has 3 heterocycles. The van der Waals surface area contributed by atoms with Crippen molar-refractivity contribution in [1.82, 2.24) is 20.2 Å². The van der Waals surface area contributed by atoms with Gasteiger partial charge in [-0.2, -0.15) is 13.2 Å². The van der Waals surface area contributed by atoms with E-state index in [0.29, 0.717) is 24.7 Å². The highest BCUT2D eigenvalue weighted by Gasteiger charge is 2.30. The van der Waals surface area contributed by atoms with Crippen molar-refractivity contribution in [1.29, 1.82) is 0 Å². The zero-order chi connectivity index (χ0) is 26.4. The summed E-state index contributed by atoms with van der Waals surface area (Å²) in [6.07, 6.45) is 3.54. The molecular weight excluding hydrogens is 481 g/mol. The van der Waals surface area contributed by atoms with Gasteiger partial charge in [-0.1, -0.05) is 13.0 Å². The predicted molar refractivity (Wildman–Crippen MR) is 135 cm³/mol. The maximum absolute atomic E-state index is 12.5. The molecule has 0 bridgehead atoms. The van der Waals surface area contributed by atoms with Gasteiger partial charge in [-0.3, -0.25) is 9.78 Å². The summed E-state index contributed by atoms with van der Waals surface area (Å²) in [5.74, 6) is 1.28. The van der Waals surface area contributed by atoms with Crippen LogP contribution in [0.5, 0.6) is 5.88 Å². The minimum Gasteiger partial charge on any atom is -0.468 e. The number of nitrogens with zero attached hydrogens (tertiary/aromatic N) is 3. The third-order valence-electron chi connectivity index (χ3n) is 7.60. The first kappa shape index (κ1) is 27.4. The molecule has 0 radical (unpaired) electrons. The first-order valence-corrected chi connectivity index (χ1v) is 13.3. The molecule has 202 valence electrons. The van der Waals surface area contributed by atoms with Gasteiger partial charge in [-0.05, 0) is 74.1 Å². The number of nitrogens with one attached hydrogen (secondary N) is 1. The lowest BCUT2D eigenvalue weighted by molar-refractivity contribution is -0.154. The lowest BCUT2D eigenvalue weighted by Gasteiger charge is -2.35. The van der Waals surface area contributed by atoms with Crippen LogP contribution >= 0.6 is 0 Å². The second kappa shape index (κ2) is 12.2. The van der Waals surface area contributed by atoms with Crippen molar-refractivity contribution in [3.8, 4) is 5.88 Å². The van der Waals surface area contributed by atoms with E-state index in [9.17, 15) is 18.0 Å². The van der Waals surface area contributed by atoms with Gasteiger partial charge in [-0.25, -0.2) is 4.98 Å². The Morgan fingerprint density at radius 2 is 1.92 bits per heavy atom. The molecule has 0 aromatic carbocycles. The van der Waals surface area contributed by atoms with Crippen LogP contribution in [0, 0.1) is 18.8 Å². The van der Waals surface area contributed by atoms with E-state index in [0.717, 1.165) is 74.3 Å². The second-order valence-corrected chi connectivity index (χ2v) is 10.6. The average molecular weight is 519 g/mol. The molecule has 1 unspecified atom stereocenters. The van der Waals surface area contributed by atoms with Gasteiger partial charge in [0.15, 0.2) is 6.61 Å². The fourth-order valence-corrected chi connectivity index (χ4v) is 5.59. The molecule has 2 aliphatic rings. The Hall–Kier alpha value is -2.68. The van der Waals surface area contributed by atoms with Crippen molar-refractivity contribution in [3.05, 3.63) is 53.0 Å². The topological polar surface area (TPSA) is 67.4 Å². The lowest BCUT2D eigenvalue weighted by Crippen LogP contribution is -2.40. The number of carbonyl (C=O) groups excluding carboxylic acids is 1. The molecule has 0 spiro atoms. The van der Waals surface area contributed by atoms with Gasteiger partial charge < -0.3 is 15.0 Å². The fraction of sp³-hybridized carbons (Fsp3) is 0.607. The van der Waals surface area contributed by atoms with Gasteiger partial charge in [-0.15, -0.1) is 0 Å². The van der Waals surface area contributed by atoms with Crippen LogP contribution in [-0.4, -0.2) is 59.2 Å². The maximum atomic E-state index is 12.5. The summed E-state index contributed by atoms with van der Waals surface area (Å²) in [4.78, 5) is 23.5. The Labute approximate surface area is 217 Å².